The van der Waals surface area contributed by atoms with Crippen molar-refractivity contribution in [2.24, 2.45) is 0 Å². The van der Waals surface area contributed by atoms with Crippen molar-refractivity contribution in [3.05, 3.63) is 108 Å². The number of phenolic OH excluding ortho intramolecular Hbond substituents is 1. The third kappa shape index (κ3) is 5.96. The molecule has 1 aliphatic heterocycles. The lowest BCUT2D eigenvalue weighted by Crippen LogP contribution is -2.41. The highest BCUT2D eigenvalue weighted by Gasteiger charge is 2.35. The smallest absolute Gasteiger partial charge is 0.128 e. The van der Waals surface area contributed by atoms with Gasteiger partial charge in [0.2, 0.25) is 0 Å². The number of phenols is 1. The zero-order chi connectivity index (χ0) is 25.5. The number of hydrogen-bond donors (Lipinski definition) is 3. The molecule has 192 valence electrons. The second-order valence-electron chi connectivity index (χ2n) is 9.77. The standard InChI is InChI=1S/C32H35NO4/c34-30(25-8-2-1-3-9-25)11-6-22-36-28-16-14-27(15-17-28)32(18-20-33-21-19-32)37-23-26-13-12-24-7-4-5-10-29(24)31(26)35/h1-5,7-10,12-17,30,33-35H,6,11,18-23H2. The van der Waals surface area contributed by atoms with Crippen LogP contribution < -0.4 is 10.1 Å². The van der Waals surface area contributed by atoms with Crippen molar-refractivity contribution in [1.29, 1.82) is 0 Å². The second kappa shape index (κ2) is 11.8. The van der Waals surface area contributed by atoms with E-state index in [1.165, 1.54) is 0 Å². The lowest BCUT2D eigenvalue weighted by atomic mass is 9.84. The molecule has 1 unspecified atom stereocenters. The van der Waals surface area contributed by atoms with E-state index in [1.54, 1.807) is 0 Å². The summed E-state index contributed by atoms with van der Waals surface area (Å²) in [5, 5.41) is 26.5. The Hall–Kier alpha value is -3.38. The molecule has 5 heteroatoms. The van der Waals surface area contributed by atoms with Crippen molar-refractivity contribution in [2.45, 2.75) is 44.0 Å². The van der Waals surface area contributed by atoms with Crippen molar-refractivity contribution in [2.75, 3.05) is 19.7 Å². The van der Waals surface area contributed by atoms with Crippen LogP contribution in [0, 0.1) is 0 Å². The Bertz CT molecular complexity index is 1280. The van der Waals surface area contributed by atoms with Crippen LogP contribution in [-0.4, -0.2) is 29.9 Å². The van der Waals surface area contributed by atoms with Gasteiger partial charge in [-0.25, -0.2) is 0 Å². The molecule has 1 saturated heterocycles. The first kappa shape index (κ1) is 25.3. The molecule has 0 saturated carbocycles. The van der Waals surface area contributed by atoms with Gasteiger partial charge in [-0.3, -0.25) is 0 Å². The van der Waals surface area contributed by atoms with Gasteiger partial charge in [0.25, 0.3) is 0 Å². The molecular formula is C32H35NO4. The molecule has 37 heavy (non-hydrogen) atoms. The third-order valence-corrected chi connectivity index (χ3v) is 7.35. The van der Waals surface area contributed by atoms with Crippen LogP contribution in [0.4, 0.5) is 0 Å². The van der Waals surface area contributed by atoms with E-state index in [1.807, 2.05) is 78.9 Å². The second-order valence-corrected chi connectivity index (χ2v) is 9.77. The van der Waals surface area contributed by atoms with E-state index in [0.29, 0.717) is 25.4 Å². The van der Waals surface area contributed by atoms with E-state index in [2.05, 4.69) is 17.4 Å². The molecule has 0 bridgehead atoms. The van der Waals surface area contributed by atoms with Crippen LogP contribution in [0.2, 0.25) is 0 Å². The first-order chi connectivity index (χ1) is 18.1. The molecule has 3 N–H and O–H groups in total. The number of ether oxygens (including phenoxy) is 2. The minimum absolute atomic E-state index is 0.295. The van der Waals surface area contributed by atoms with E-state index >= 15 is 0 Å². The van der Waals surface area contributed by atoms with Crippen LogP contribution in [0.15, 0.2) is 91.0 Å². The summed E-state index contributed by atoms with van der Waals surface area (Å²) in [6.07, 6.45) is 2.68. The molecule has 1 fully saturated rings. The van der Waals surface area contributed by atoms with Crippen LogP contribution in [0.1, 0.15) is 48.5 Å². The minimum atomic E-state index is -0.467. The molecule has 0 spiro atoms. The summed E-state index contributed by atoms with van der Waals surface area (Å²) in [5.74, 6) is 1.11. The summed E-state index contributed by atoms with van der Waals surface area (Å²) in [6, 6.07) is 29.8. The van der Waals surface area contributed by atoms with Crippen LogP contribution >= 0.6 is 0 Å². The average Bonchev–Trinajstić information content (AvgIpc) is 2.96. The summed E-state index contributed by atoms with van der Waals surface area (Å²) in [6.45, 7) is 2.66. The van der Waals surface area contributed by atoms with Crippen LogP contribution in [-0.2, 0) is 16.9 Å². The Balaban J connectivity index is 1.21. The summed E-state index contributed by atoms with van der Waals surface area (Å²) < 4.78 is 12.6. The molecule has 0 radical (unpaired) electrons. The van der Waals surface area contributed by atoms with Gasteiger partial charge in [0, 0.05) is 10.9 Å². The van der Waals surface area contributed by atoms with Crippen LogP contribution in [0.5, 0.6) is 11.5 Å². The Morgan fingerprint density at radius 1 is 0.838 bits per heavy atom. The first-order valence-corrected chi connectivity index (χ1v) is 13.2. The number of benzene rings is 4. The van der Waals surface area contributed by atoms with Crippen molar-refractivity contribution in [3.63, 3.8) is 0 Å². The Morgan fingerprint density at radius 2 is 1.57 bits per heavy atom. The summed E-state index contributed by atoms with van der Waals surface area (Å²) in [7, 11) is 0. The van der Waals surface area contributed by atoms with Crippen molar-refractivity contribution in [1.82, 2.24) is 5.32 Å². The molecule has 0 aliphatic carbocycles. The minimum Gasteiger partial charge on any atom is -0.507 e. The van der Waals surface area contributed by atoms with Crippen LogP contribution in [0.3, 0.4) is 0 Å². The van der Waals surface area contributed by atoms with Gasteiger partial charge < -0.3 is 25.0 Å². The lowest BCUT2D eigenvalue weighted by Gasteiger charge is -2.38. The zero-order valence-corrected chi connectivity index (χ0v) is 21.1. The predicted molar refractivity (Wildman–Crippen MR) is 147 cm³/mol. The fourth-order valence-corrected chi connectivity index (χ4v) is 5.14. The highest BCUT2D eigenvalue weighted by molar-refractivity contribution is 5.89. The number of hydrogen-bond acceptors (Lipinski definition) is 5. The van der Waals surface area contributed by atoms with Gasteiger partial charge in [-0.2, -0.15) is 0 Å². The first-order valence-electron chi connectivity index (χ1n) is 13.2. The van der Waals surface area contributed by atoms with Crippen molar-refractivity contribution < 1.29 is 19.7 Å². The van der Waals surface area contributed by atoms with E-state index in [9.17, 15) is 10.2 Å². The number of rotatable bonds is 10. The van der Waals surface area contributed by atoms with Crippen LogP contribution in [0.25, 0.3) is 10.8 Å². The van der Waals surface area contributed by atoms with Crippen molar-refractivity contribution in [3.8, 4) is 11.5 Å². The Labute approximate surface area is 218 Å². The molecular weight excluding hydrogens is 462 g/mol. The monoisotopic (exact) mass is 497 g/mol. The third-order valence-electron chi connectivity index (χ3n) is 7.35. The molecule has 5 nitrogen and oxygen atoms in total. The van der Waals surface area contributed by atoms with Gasteiger partial charge in [-0.1, -0.05) is 78.9 Å². The van der Waals surface area contributed by atoms with Gasteiger partial charge in [-0.05, 0) is 67.4 Å². The fraction of sp³-hybridized carbons (Fsp3) is 0.312. The molecule has 1 aliphatic rings. The number of aliphatic hydroxyl groups excluding tert-OH is 1. The average molecular weight is 498 g/mol. The van der Waals surface area contributed by atoms with E-state index in [4.69, 9.17) is 9.47 Å². The Morgan fingerprint density at radius 3 is 2.35 bits per heavy atom. The Kier molecular flexibility index (Phi) is 8.05. The maximum atomic E-state index is 10.8. The predicted octanol–water partition coefficient (Wildman–Crippen LogP) is 6.23. The largest absolute Gasteiger partial charge is 0.507 e. The molecule has 1 heterocycles. The quantitative estimate of drug-likeness (QED) is 0.227. The van der Waals surface area contributed by atoms with Gasteiger partial charge in [-0.15, -0.1) is 0 Å². The molecule has 1 atom stereocenters. The molecule has 4 aromatic carbocycles. The van der Waals surface area contributed by atoms with Crippen molar-refractivity contribution >= 4 is 10.8 Å². The molecule has 0 amide bonds. The van der Waals surface area contributed by atoms with E-state index in [-0.39, 0.29) is 0 Å². The molecule has 5 rings (SSSR count). The van der Waals surface area contributed by atoms with E-state index in [0.717, 1.165) is 65.6 Å². The SMILES string of the molecule is Oc1c(COC2(c3ccc(OCCCC(O)c4ccccc4)cc3)CCNCC2)ccc2ccccc12. The summed E-state index contributed by atoms with van der Waals surface area (Å²) in [4.78, 5) is 0. The fourth-order valence-electron chi connectivity index (χ4n) is 5.14. The molecule has 4 aromatic rings. The summed E-state index contributed by atoms with van der Waals surface area (Å²) in [5.41, 5.74) is 2.45. The van der Waals surface area contributed by atoms with Gasteiger partial charge in [0.1, 0.15) is 11.5 Å². The maximum absolute atomic E-state index is 10.8. The number of fused-ring (bicyclic) bond motifs is 1. The number of aliphatic hydroxyl groups is 1. The number of piperidine rings is 1. The molecule has 0 aromatic heterocycles. The van der Waals surface area contributed by atoms with Gasteiger partial charge >= 0.3 is 0 Å². The van der Waals surface area contributed by atoms with Gasteiger partial charge in [0.15, 0.2) is 0 Å². The summed E-state index contributed by atoms with van der Waals surface area (Å²) >= 11 is 0. The highest BCUT2D eigenvalue weighted by atomic mass is 16.5. The lowest BCUT2D eigenvalue weighted by molar-refractivity contribution is -0.0823. The highest BCUT2D eigenvalue weighted by Crippen LogP contribution is 2.38. The topological polar surface area (TPSA) is 71.0 Å². The number of aromatic hydroxyl groups is 1. The maximum Gasteiger partial charge on any atom is 0.128 e. The van der Waals surface area contributed by atoms with Gasteiger partial charge in [0.05, 0.1) is 24.9 Å². The zero-order valence-electron chi connectivity index (χ0n) is 21.1. The van der Waals surface area contributed by atoms with E-state index < -0.39 is 11.7 Å². The number of nitrogens with one attached hydrogen (secondary N) is 1. The normalized spacial score (nSPS) is 15.9.